The minimum atomic E-state index is -1.19. The van der Waals surface area contributed by atoms with E-state index in [1.807, 2.05) is 0 Å². The molecular weight excluding hydrogens is 386 g/mol. The first-order valence-electron chi connectivity index (χ1n) is 11.4. The third-order valence-corrected chi connectivity index (χ3v) is 5.53. The number of carbonyl (C=O) groups is 3. The van der Waals surface area contributed by atoms with Crippen molar-refractivity contribution in [3.8, 4) is 0 Å². The van der Waals surface area contributed by atoms with Gasteiger partial charge in [-0.05, 0) is 38.5 Å². The molecule has 30 heavy (non-hydrogen) atoms. The van der Waals surface area contributed by atoms with E-state index in [0.717, 1.165) is 44.9 Å². The van der Waals surface area contributed by atoms with Crippen molar-refractivity contribution >= 4 is 17.9 Å². The second-order valence-corrected chi connectivity index (χ2v) is 8.17. The van der Waals surface area contributed by atoms with Gasteiger partial charge in [-0.1, -0.05) is 44.8 Å². The highest BCUT2D eigenvalue weighted by Gasteiger charge is 2.28. The molecular formula is C23H41NO6. The van der Waals surface area contributed by atoms with Gasteiger partial charge in [0.2, 0.25) is 0 Å². The van der Waals surface area contributed by atoms with Gasteiger partial charge in [0.25, 0.3) is 0 Å². The van der Waals surface area contributed by atoms with Gasteiger partial charge in [-0.15, -0.1) is 0 Å². The van der Waals surface area contributed by atoms with Crippen LogP contribution in [0.3, 0.4) is 0 Å². The lowest BCUT2D eigenvalue weighted by molar-refractivity contribution is -0.927. The summed E-state index contributed by atoms with van der Waals surface area (Å²) in [4.78, 5) is 33.0. The second kappa shape index (κ2) is 17.9. The normalized spacial score (nSPS) is 11.8. The summed E-state index contributed by atoms with van der Waals surface area (Å²) in [5, 5.41) is 29.0. The molecule has 0 spiro atoms. The van der Waals surface area contributed by atoms with Crippen LogP contribution >= 0.6 is 0 Å². The zero-order valence-corrected chi connectivity index (χ0v) is 18.7. The molecule has 0 fully saturated rings. The van der Waals surface area contributed by atoms with E-state index >= 15 is 0 Å². The average molecular weight is 428 g/mol. The number of carbonyl (C=O) groups excluding carboxylic acids is 1. The number of unbranched alkanes of at least 4 members (excludes halogenated alkanes) is 8. The van der Waals surface area contributed by atoms with Crippen molar-refractivity contribution in [1.82, 2.24) is 0 Å². The number of allylic oxidation sites excluding steroid dienone is 2. The van der Waals surface area contributed by atoms with Gasteiger partial charge >= 0.3 is 11.9 Å². The third-order valence-electron chi connectivity index (χ3n) is 5.53. The minimum absolute atomic E-state index is 0.0999. The van der Waals surface area contributed by atoms with E-state index in [1.54, 1.807) is 0 Å². The number of nitrogens with zero attached hydrogens (tertiary/aromatic N) is 1. The first kappa shape index (κ1) is 28.1. The number of carboxylic acids is 3. The van der Waals surface area contributed by atoms with E-state index in [4.69, 9.17) is 10.2 Å². The molecule has 0 radical (unpaired) electrons. The summed E-state index contributed by atoms with van der Waals surface area (Å²) in [5.74, 6) is -3.10. The summed E-state index contributed by atoms with van der Waals surface area (Å²) in [7, 11) is 0. The second-order valence-electron chi connectivity index (χ2n) is 8.17. The largest absolute Gasteiger partial charge is 0.550 e. The Morgan fingerprint density at radius 3 is 1.67 bits per heavy atom. The maximum Gasteiger partial charge on any atom is 0.309 e. The Morgan fingerprint density at radius 2 is 1.17 bits per heavy atom. The smallest absolute Gasteiger partial charge is 0.309 e. The predicted octanol–water partition coefficient (Wildman–Crippen LogP) is 3.37. The molecule has 0 aliphatic rings. The van der Waals surface area contributed by atoms with Crippen LogP contribution in [0.2, 0.25) is 0 Å². The molecule has 0 unspecified atom stereocenters. The van der Waals surface area contributed by atoms with E-state index in [0.29, 0.717) is 6.54 Å². The Morgan fingerprint density at radius 1 is 0.700 bits per heavy atom. The summed E-state index contributed by atoms with van der Waals surface area (Å²) in [6.07, 6.45) is 15.3. The molecule has 7 heteroatoms. The fourth-order valence-electron chi connectivity index (χ4n) is 3.65. The topological polar surface area (TPSA) is 115 Å². The minimum Gasteiger partial charge on any atom is -0.550 e. The SMILES string of the molecule is CCCCC/C=C/CCCCCCC[N+](CCC(=O)[O-])(CCC(=O)O)CCC(=O)O. The Balaban J connectivity index is 4.38. The van der Waals surface area contributed by atoms with E-state index in [-0.39, 0.29) is 43.4 Å². The highest BCUT2D eigenvalue weighted by molar-refractivity contribution is 5.67. The van der Waals surface area contributed by atoms with E-state index in [9.17, 15) is 19.5 Å². The van der Waals surface area contributed by atoms with Crippen molar-refractivity contribution < 1.29 is 34.2 Å². The van der Waals surface area contributed by atoms with Gasteiger partial charge in [0, 0.05) is 12.4 Å². The molecule has 0 aromatic carbocycles. The monoisotopic (exact) mass is 427 g/mol. The number of carboxylic acid groups (broad SMARTS) is 3. The van der Waals surface area contributed by atoms with E-state index < -0.39 is 17.9 Å². The molecule has 0 rings (SSSR count). The van der Waals surface area contributed by atoms with Crippen molar-refractivity contribution in [1.29, 1.82) is 0 Å². The van der Waals surface area contributed by atoms with Crippen LogP contribution < -0.4 is 5.11 Å². The van der Waals surface area contributed by atoms with Gasteiger partial charge in [-0.25, -0.2) is 0 Å². The number of rotatable bonds is 21. The summed E-state index contributed by atoms with van der Waals surface area (Å²) < 4.78 is 0.215. The molecule has 7 nitrogen and oxygen atoms in total. The van der Waals surface area contributed by atoms with Crippen molar-refractivity contribution in [2.45, 2.75) is 90.4 Å². The predicted molar refractivity (Wildman–Crippen MR) is 115 cm³/mol. The van der Waals surface area contributed by atoms with Gasteiger partial charge in [-0.2, -0.15) is 0 Å². The zero-order valence-electron chi connectivity index (χ0n) is 18.7. The van der Waals surface area contributed by atoms with E-state index in [2.05, 4.69) is 19.1 Å². The molecule has 0 saturated carbocycles. The third kappa shape index (κ3) is 17.0. The van der Waals surface area contributed by atoms with Gasteiger partial charge in [0.05, 0.1) is 39.0 Å². The highest BCUT2D eigenvalue weighted by Crippen LogP contribution is 2.16. The molecule has 0 aliphatic heterocycles. The van der Waals surface area contributed by atoms with Crippen molar-refractivity contribution in [2.75, 3.05) is 26.2 Å². The molecule has 0 atom stereocenters. The summed E-state index contributed by atoms with van der Waals surface area (Å²) in [6.45, 7) is 3.52. The molecule has 2 N–H and O–H groups in total. The Hall–Kier alpha value is -1.89. The van der Waals surface area contributed by atoms with Crippen LogP contribution in [0.4, 0.5) is 0 Å². The number of quaternary nitrogens is 1. The van der Waals surface area contributed by atoms with Gasteiger partial charge in [0.1, 0.15) is 0 Å². The summed E-state index contributed by atoms with van der Waals surface area (Å²) in [6, 6.07) is 0. The van der Waals surface area contributed by atoms with Crippen LogP contribution in [0.15, 0.2) is 12.2 Å². The van der Waals surface area contributed by atoms with Crippen LogP contribution in [-0.2, 0) is 14.4 Å². The fraction of sp³-hybridized carbons (Fsp3) is 0.783. The summed E-state index contributed by atoms with van der Waals surface area (Å²) >= 11 is 0. The lowest BCUT2D eigenvalue weighted by atomic mass is 10.1. The molecule has 0 aromatic heterocycles. The van der Waals surface area contributed by atoms with Gasteiger partial charge < -0.3 is 24.6 Å². The number of aliphatic carboxylic acids is 3. The molecule has 0 saturated heterocycles. The Bertz CT molecular complexity index is 472. The van der Waals surface area contributed by atoms with Crippen molar-refractivity contribution in [3.05, 3.63) is 12.2 Å². The molecule has 0 bridgehead atoms. The highest BCUT2D eigenvalue weighted by atomic mass is 16.4. The van der Waals surface area contributed by atoms with Gasteiger partial charge in [0.15, 0.2) is 0 Å². The molecule has 0 amide bonds. The summed E-state index contributed by atoms with van der Waals surface area (Å²) in [5.41, 5.74) is 0. The van der Waals surface area contributed by atoms with Crippen LogP contribution in [0.5, 0.6) is 0 Å². The lowest BCUT2D eigenvalue weighted by Crippen LogP contribution is -2.53. The number of hydrogen-bond acceptors (Lipinski definition) is 4. The molecule has 0 heterocycles. The van der Waals surface area contributed by atoms with Crippen LogP contribution in [0.1, 0.15) is 90.4 Å². The Kier molecular flexibility index (Phi) is 16.8. The van der Waals surface area contributed by atoms with Gasteiger partial charge in [-0.3, -0.25) is 9.59 Å². The van der Waals surface area contributed by atoms with Crippen molar-refractivity contribution in [2.24, 2.45) is 0 Å². The lowest BCUT2D eigenvalue weighted by Gasteiger charge is -2.38. The average Bonchev–Trinajstić information content (AvgIpc) is 2.69. The first-order chi connectivity index (χ1) is 14.3. The van der Waals surface area contributed by atoms with Crippen LogP contribution in [0.25, 0.3) is 0 Å². The maximum absolute atomic E-state index is 11.0. The quantitative estimate of drug-likeness (QED) is 0.165. The molecule has 0 aliphatic carbocycles. The van der Waals surface area contributed by atoms with Crippen LogP contribution in [0, 0.1) is 0 Å². The van der Waals surface area contributed by atoms with Crippen molar-refractivity contribution in [3.63, 3.8) is 0 Å². The van der Waals surface area contributed by atoms with E-state index in [1.165, 1.54) is 19.3 Å². The first-order valence-corrected chi connectivity index (χ1v) is 11.4. The molecule has 174 valence electrons. The molecule has 0 aromatic rings. The van der Waals surface area contributed by atoms with Crippen LogP contribution in [-0.4, -0.2) is 58.8 Å². The standard InChI is InChI=1S/C23H41NO6/c1-2-3-4-5-6-7-8-9-10-11-12-13-17-24(18-14-21(25)26,19-15-22(27)28)20-16-23(29)30/h6-7H,2-5,8-20H2,1H3,(H2-,25,26,27,28,29,30)/b7-6+. The fourth-order valence-corrected chi connectivity index (χ4v) is 3.65. The zero-order chi connectivity index (χ0) is 22.7. The number of hydrogen-bond donors (Lipinski definition) is 2. The maximum atomic E-state index is 11.0. The Labute approximate surface area is 181 Å².